The van der Waals surface area contributed by atoms with E-state index in [2.05, 4.69) is 111 Å². The van der Waals surface area contributed by atoms with E-state index in [9.17, 15) is 0 Å². The normalized spacial score (nSPS) is 12.8. The molecule has 2 nitrogen and oxygen atoms in total. The molecule has 0 fully saturated rings. The summed E-state index contributed by atoms with van der Waals surface area (Å²) >= 11 is 6.44. The van der Waals surface area contributed by atoms with Gasteiger partial charge in [0.2, 0.25) is 0 Å². The van der Waals surface area contributed by atoms with E-state index in [4.69, 9.17) is 4.99 Å². The van der Waals surface area contributed by atoms with Gasteiger partial charge in [0.1, 0.15) is 0 Å². The summed E-state index contributed by atoms with van der Waals surface area (Å²) in [6.45, 7) is 22.9. The van der Waals surface area contributed by atoms with E-state index in [1.807, 2.05) is 31.1 Å². The predicted octanol–water partition coefficient (Wildman–Crippen LogP) is 10.6. The first-order valence-corrected chi connectivity index (χ1v) is 14.9. The molecule has 0 amide bonds. The monoisotopic (exact) mass is 530 g/mol. The number of aliphatic imine (C=N–C) groups is 1. The highest BCUT2D eigenvalue weighted by Crippen LogP contribution is 2.25. The largest absolute Gasteiger partial charge is 0.394 e. The van der Waals surface area contributed by atoms with E-state index < -0.39 is 0 Å². The maximum absolute atomic E-state index is 4.80. The van der Waals surface area contributed by atoms with Crippen LogP contribution in [0.2, 0.25) is 0 Å². The Hall–Kier alpha value is -1.61. The molecule has 0 aliphatic rings. The third-order valence-electron chi connectivity index (χ3n) is 5.33. The summed E-state index contributed by atoms with van der Waals surface area (Å²) < 4.78 is 0. The van der Waals surface area contributed by atoms with Crippen molar-refractivity contribution in [3.8, 4) is 0 Å². The Labute approximate surface area is 234 Å². The lowest BCUT2D eigenvalue weighted by molar-refractivity contribution is 0.532. The topological polar surface area (TPSA) is 24.4 Å². The van der Waals surface area contributed by atoms with Crippen LogP contribution in [0.3, 0.4) is 0 Å². The highest BCUT2D eigenvalue weighted by molar-refractivity contribution is 8.13. The zero-order chi connectivity index (χ0) is 27.9. The van der Waals surface area contributed by atoms with Crippen LogP contribution in [-0.4, -0.2) is 17.8 Å². The number of aryl methyl sites for hydroxylation is 2. The average molecular weight is 531 g/mol. The van der Waals surface area contributed by atoms with Gasteiger partial charge in [-0.3, -0.25) is 0 Å². The molecule has 0 bridgehead atoms. The van der Waals surface area contributed by atoms with Crippen molar-refractivity contribution in [3.63, 3.8) is 0 Å². The van der Waals surface area contributed by atoms with Crippen molar-refractivity contribution in [3.05, 3.63) is 70.0 Å². The summed E-state index contributed by atoms with van der Waals surface area (Å²) in [5.41, 5.74) is 8.92. The Balaban J connectivity index is 0. The van der Waals surface area contributed by atoms with Crippen molar-refractivity contribution in [2.75, 3.05) is 12.8 Å². The van der Waals surface area contributed by atoms with Crippen molar-refractivity contribution >= 4 is 35.1 Å². The molecule has 0 aliphatic carbocycles. The molecule has 204 valence electrons. The van der Waals surface area contributed by atoms with Gasteiger partial charge < -0.3 is 5.32 Å². The van der Waals surface area contributed by atoms with Gasteiger partial charge in [-0.1, -0.05) is 78.2 Å². The summed E-state index contributed by atoms with van der Waals surface area (Å²) in [6.07, 6.45) is 11.0. The first kappa shape index (κ1) is 36.5. The van der Waals surface area contributed by atoms with Gasteiger partial charge in [-0.25, -0.2) is 4.99 Å². The second kappa shape index (κ2) is 23.8. The molecule has 0 aliphatic heterocycles. The fraction of sp³-hybridized carbons (Fsp3) is 0.562. The minimum atomic E-state index is 0.809. The quantitative estimate of drug-likeness (QED) is 0.0977. The van der Waals surface area contributed by atoms with Gasteiger partial charge in [-0.15, -0.1) is 30.1 Å². The fourth-order valence-corrected chi connectivity index (χ4v) is 4.23. The average Bonchev–Trinajstić information content (AvgIpc) is 2.84. The Bertz CT molecular complexity index is 859. The number of nitrogens with one attached hydrogen (secondary N) is 1. The van der Waals surface area contributed by atoms with E-state index >= 15 is 0 Å². The third kappa shape index (κ3) is 18.6. The molecule has 0 radical (unpaired) electrons. The van der Waals surface area contributed by atoms with Crippen molar-refractivity contribution in [2.45, 2.75) is 101 Å². The van der Waals surface area contributed by atoms with E-state index in [0.717, 1.165) is 46.6 Å². The maximum atomic E-state index is 4.80. The zero-order valence-corrected chi connectivity index (χ0v) is 26.6. The van der Waals surface area contributed by atoms with Crippen molar-refractivity contribution < 1.29 is 0 Å². The Morgan fingerprint density at radius 3 is 2.36 bits per heavy atom. The molecule has 0 spiro atoms. The number of thioether (sulfide) groups is 1. The number of nitrogens with zero attached hydrogens (tertiary/aromatic N) is 1. The van der Waals surface area contributed by atoms with Crippen molar-refractivity contribution in [2.24, 2.45) is 10.9 Å². The van der Waals surface area contributed by atoms with Crippen LogP contribution in [0, 0.1) is 12.8 Å². The third-order valence-corrected chi connectivity index (χ3v) is 6.98. The van der Waals surface area contributed by atoms with Crippen LogP contribution in [0.25, 0.3) is 0 Å². The van der Waals surface area contributed by atoms with Gasteiger partial charge in [0.15, 0.2) is 0 Å². The van der Waals surface area contributed by atoms with Gasteiger partial charge in [0.05, 0.1) is 10.7 Å². The Kier molecular flexibility index (Phi) is 24.1. The first-order valence-electron chi connectivity index (χ1n) is 13.5. The van der Waals surface area contributed by atoms with E-state index in [-0.39, 0.29) is 0 Å². The second-order valence-electron chi connectivity index (χ2n) is 9.19. The molecule has 36 heavy (non-hydrogen) atoms. The molecule has 1 atom stereocenters. The van der Waals surface area contributed by atoms with Gasteiger partial charge in [-0.05, 0) is 81.7 Å². The highest BCUT2D eigenvalue weighted by Gasteiger charge is 2.03. The number of allylic oxidation sites excluding steroid dienone is 3. The molecule has 1 unspecified atom stereocenters. The van der Waals surface area contributed by atoms with Gasteiger partial charge in [0, 0.05) is 23.9 Å². The molecule has 0 aromatic heterocycles. The summed E-state index contributed by atoms with van der Waals surface area (Å²) in [6, 6.07) is 6.54. The Morgan fingerprint density at radius 2 is 1.83 bits per heavy atom. The van der Waals surface area contributed by atoms with Gasteiger partial charge in [-0.2, -0.15) is 0 Å². The lowest BCUT2D eigenvalue weighted by Gasteiger charge is -2.08. The predicted molar refractivity (Wildman–Crippen MR) is 173 cm³/mol. The molecule has 1 aromatic rings. The lowest BCUT2D eigenvalue weighted by Crippen LogP contribution is -1.96. The molecular formula is C32H54N2S2. The van der Waals surface area contributed by atoms with Crippen LogP contribution < -0.4 is 5.32 Å². The van der Waals surface area contributed by atoms with Gasteiger partial charge in [0.25, 0.3) is 0 Å². The zero-order valence-electron chi connectivity index (χ0n) is 24.9. The van der Waals surface area contributed by atoms with Crippen LogP contribution >= 0.6 is 24.4 Å². The number of hydrogen-bond donors (Lipinski definition) is 2. The van der Waals surface area contributed by atoms with Crippen LogP contribution in [0.4, 0.5) is 5.69 Å². The fourth-order valence-electron chi connectivity index (χ4n) is 3.18. The van der Waals surface area contributed by atoms with Gasteiger partial charge >= 0.3 is 0 Å². The molecule has 0 heterocycles. The number of rotatable bonds is 11. The van der Waals surface area contributed by atoms with Crippen LogP contribution in [-0.2, 0) is 6.42 Å². The first-order chi connectivity index (χ1) is 17.1. The summed E-state index contributed by atoms with van der Waals surface area (Å²) in [5.74, 6) is 1.83. The molecule has 4 heteroatoms. The number of benzene rings is 1. The molecule has 0 saturated carbocycles. The molecule has 0 saturated heterocycles. The summed E-state index contributed by atoms with van der Waals surface area (Å²) in [7, 11) is 1.91. The van der Waals surface area contributed by atoms with Crippen LogP contribution in [0.5, 0.6) is 0 Å². The standard InChI is InChI=1S/C20H30N2S2.C9H16.C3H8/c1-7-18-9-8-14(2)19(12-18)22-17(5)24-11-10-15(3)20(23)16(4)13-21-6;1-4-6-8-9(3)7-5-2;1-3-2/h8-9,12-13,21,23H,7,10-11H2,1-6H3;6,9H,1,5,7-8H2,2-3H3;3H2,1-2H3/b16-13-,20-15+,22-17?;;. The minimum absolute atomic E-state index is 0.809. The van der Waals surface area contributed by atoms with Crippen LogP contribution in [0.15, 0.2) is 63.8 Å². The highest BCUT2D eigenvalue weighted by atomic mass is 32.2. The minimum Gasteiger partial charge on any atom is -0.394 e. The van der Waals surface area contributed by atoms with E-state index in [1.54, 1.807) is 0 Å². The van der Waals surface area contributed by atoms with Crippen LogP contribution in [0.1, 0.15) is 98.6 Å². The molecule has 1 aromatic carbocycles. The lowest BCUT2D eigenvalue weighted by atomic mass is 10.0. The van der Waals surface area contributed by atoms with Crippen molar-refractivity contribution in [1.82, 2.24) is 5.32 Å². The van der Waals surface area contributed by atoms with E-state index in [0.29, 0.717) is 0 Å². The maximum Gasteiger partial charge on any atom is 0.0707 e. The number of hydrogen-bond acceptors (Lipinski definition) is 4. The molecule has 1 N–H and O–H groups in total. The van der Waals surface area contributed by atoms with Crippen molar-refractivity contribution in [1.29, 1.82) is 0 Å². The second-order valence-corrected chi connectivity index (χ2v) is 10.9. The summed E-state index contributed by atoms with van der Waals surface area (Å²) in [4.78, 5) is 5.87. The number of thiol groups is 1. The Morgan fingerprint density at radius 1 is 1.19 bits per heavy atom. The summed E-state index contributed by atoms with van der Waals surface area (Å²) in [5, 5.41) is 4.16. The molecule has 1 rings (SSSR count). The SMILES string of the molecule is C=C=CCC(C)CCC.CCC.CCc1ccc(C)c(N=C(C)SCC/C(C)=C(S)\C(C)=C/NC)c1. The smallest absolute Gasteiger partial charge is 0.0707 e. The van der Waals surface area contributed by atoms with E-state index in [1.165, 1.54) is 41.5 Å². The molecular weight excluding hydrogens is 477 g/mol.